The van der Waals surface area contributed by atoms with Crippen molar-refractivity contribution >= 4 is 45.9 Å². The Hall–Kier alpha value is -3.88. The van der Waals surface area contributed by atoms with E-state index in [9.17, 15) is 14.7 Å². The Morgan fingerprint density at radius 2 is 1.70 bits per heavy atom. The molecule has 2 unspecified atom stereocenters. The molecule has 6 rings (SSSR count). The highest BCUT2D eigenvalue weighted by Gasteiger charge is 2.74. The monoisotopic (exact) mass is 651 g/mol. The summed E-state index contributed by atoms with van der Waals surface area (Å²) in [5.41, 5.74) is 1.74. The molecule has 3 amide bonds. The molecule has 1 N–H and O–H groups in total. The highest BCUT2D eigenvalue weighted by Crippen LogP contribution is 2.67. The summed E-state index contributed by atoms with van der Waals surface area (Å²) in [7, 11) is 0. The van der Waals surface area contributed by atoms with E-state index in [1.54, 1.807) is 38.6 Å². The Morgan fingerprint density at radius 3 is 2.38 bits per heavy atom. The van der Waals surface area contributed by atoms with Gasteiger partial charge in [0.2, 0.25) is 11.8 Å². The van der Waals surface area contributed by atoms with Crippen LogP contribution in [0.1, 0.15) is 38.7 Å². The number of benzene rings is 3. The second-order valence-corrected chi connectivity index (χ2v) is 15.1. The maximum atomic E-state index is 15.1. The second kappa shape index (κ2) is 13.7. The Bertz CT molecular complexity index is 1660. The maximum Gasteiger partial charge on any atom is 0.251 e. The van der Waals surface area contributed by atoms with Crippen LogP contribution in [0.15, 0.2) is 98.1 Å². The highest BCUT2D eigenvalue weighted by molar-refractivity contribution is 8.02. The SMILES string of the molecule is C=CCN(Cc1ccccc1)C(=O)[C@@H]1[C@@H]2CCC3(S2)C(C(=O)N(CC=C)c2ccc4ccccc4c2)N([C@@H](CO)CC(C)C)C(=O)[C@H]13. The van der Waals surface area contributed by atoms with Gasteiger partial charge in [-0.25, -0.2) is 0 Å². The van der Waals surface area contributed by atoms with Gasteiger partial charge in [-0.05, 0) is 53.6 Å². The predicted molar refractivity (Wildman–Crippen MR) is 190 cm³/mol. The number of nitrogens with zero attached hydrogens (tertiary/aromatic N) is 3. The summed E-state index contributed by atoms with van der Waals surface area (Å²) in [5, 5.41) is 12.7. The Balaban J connectivity index is 1.42. The fourth-order valence-corrected chi connectivity index (χ4v) is 10.4. The van der Waals surface area contributed by atoms with Crippen LogP contribution in [0.2, 0.25) is 0 Å². The number of fused-ring (bicyclic) bond motifs is 2. The van der Waals surface area contributed by atoms with Crippen LogP contribution in [-0.4, -0.2) is 74.4 Å². The third kappa shape index (κ3) is 5.91. The van der Waals surface area contributed by atoms with Crippen molar-refractivity contribution in [2.75, 3.05) is 24.6 Å². The van der Waals surface area contributed by atoms with Gasteiger partial charge in [-0.1, -0.05) is 86.7 Å². The molecule has 246 valence electrons. The average Bonchev–Trinajstić information content (AvgIpc) is 3.73. The van der Waals surface area contributed by atoms with E-state index in [1.165, 1.54) is 0 Å². The standard InChI is InChI=1S/C39H45N3O4S/c1-5-20-40(24-27-12-8-7-9-13-27)36(44)33-32-18-19-39(47-32)34(33)37(45)42(31(25-43)22-26(3)4)35(39)38(46)41(21-6-2)30-17-16-28-14-10-11-15-29(28)23-30/h5-17,23,26,31-35,43H,1-2,18-22,24-25H2,3-4H3/t31-,32+,33-,34+,35?,39?/m1/s1. The molecule has 3 aromatic carbocycles. The lowest BCUT2D eigenvalue weighted by molar-refractivity contribution is -0.145. The summed E-state index contributed by atoms with van der Waals surface area (Å²) in [6, 6.07) is 22.5. The third-order valence-electron chi connectivity index (χ3n) is 10.1. The highest BCUT2D eigenvalue weighted by atomic mass is 32.2. The largest absolute Gasteiger partial charge is 0.394 e. The number of anilines is 1. The minimum absolute atomic E-state index is 0.0665. The molecule has 47 heavy (non-hydrogen) atoms. The first-order valence-corrected chi connectivity index (χ1v) is 17.6. The van der Waals surface area contributed by atoms with Crippen LogP contribution in [-0.2, 0) is 20.9 Å². The van der Waals surface area contributed by atoms with E-state index in [4.69, 9.17) is 0 Å². The molecule has 2 bridgehead atoms. The maximum absolute atomic E-state index is 15.1. The molecule has 3 heterocycles. The lowest BCUT2D eigenvalue weighted by Gasteiger charge is -2.40. The van der Waals surface area contributed by atoms with E-state index < -0.39 is 28.7 Å². The van der Waals surface area contributed by atoms with Crippen molar-refractivity contribution in [3.63, 3.8) is 0 Å². The van der Waals surface area contributed by atoms with Crippen LogP contribution < -0.4 is 4.90 Å². The summed E-state index contributed by atoms with van der Waals surface area (Å²) in [6.45, 7) is 12.8. The van der Waals surface area contributed by atoms with Crippen molar-refractivity contribution in [3.8, 4) is 0 Å². The molecule has 3 aliphatic rings. The van der Waals surface area contributed by atoms with Crippen molar-refractivity contribution < 1.29 is 19.5 Å². The van der Waals surface area contributed by atoms with E-state index >= 15 is 4.79 Å². The van der Waals surface area contributed by atoms with Crippen LogP contribution in [0.3, 0.4) is 0 Å². The first kappa shape index (κ1) is 33.0. The zero-order valence-corrected chi connectivity index (χ0v) is 28.1. The van der Waals surface area contributed by atoms with Gasteiger partial charge in [0, 0.05) is 30.6 Å². The Kier molecular flexibility index (Phi) is 9.62. The molecule has 6 atom stereocenters. The first-order valence-electron chi connectivity index (χ1n) is 16.7. The van der Waals surface area contributed by atoms with E-state index in [0.29, 0.717) is 25.9 Å². The van der Waals surface area contributed by atoms with E-state index in [0.717, 1.165) is 28.4 Å². The normalized spacial score (nSPS) is 25.2. The number of hydrogen-bond acceptors (Lipinski definition) is 5. The van der Waals surface area contributed by atoms with E-state index in [1.807, 2.05) is 72.8 Å². The van der Waals surface area contributed by atoms with Gasteiger partial charge in [0.05, 0.1) is 29.2 Å². The molecule has 7 nitrogen and oxygen atoms in total. The summed E-state index contributed by atoms with van der Waals surface area (Å²) in [4.78, 5) is 49.7. The van der Waals surface area contributed by atoms with Crippen LogP contribution in [0.25, 0.3) is 10.8 Å². The number of amides is 3. The van der Waals surface area contributed by atoms with Gasteiger partial charge in [-0.3, -0.25) is 14.4 Å². The van der Waals surface area contributed by atoms with Crippen molar-refractivity contribution in [2.24, 2.45) is 17.8 Å². The van der Waals surface area contributed by atoms with Crippen molar-refractivity contribution in [3.05, 3.63) is 104 Å². The van der Waals surface area contributed by atoms with Gasteiger partial charge in [-0.15, -0.1) is 24.9 Å². The summed E-state index contributed by atoms with van der Waals surface area (Å²) in [6.07, 6.45) is 5.41. The van der Waals surface area contributed by atoms with Gasteiger partial charge in [0.25, 0.3) is 5.91 Å². The second-order valence-electron chi connectivity index (χ2n) is 13.5. The Labute approximate surface area is 282 Å². The topological polar surface area (TPSA) is 81.2 Å². The molecule has 0 aliphatic carbocycles. The number of hydrogen-bond donors (Lipinski definition) is 1. The number of rotatable bonds is 13. The minimum atomic E-state index is -0.822. The zero-order chi connectivity index (χ0) is 33.3. The van der Waals surface area contributed by atoms with Crippen LogP contribution in [0.4, 0.5) is 5.69 Å². The van der Waals surface area contributed by atoms with Gasteiger partial charge in [-0.2, -0.15) is 0 Å². The Morgan fingerprint density at radius 1 is 1.00 bits per heavy atom. The zero-order valence-electron chi connectivity index (χ0n) is 27.3. The molecule has 3 aromatic rings. The number of carbonyl (C=O) groups is 3. The van der Waals surface area contributed by atoms with Crippen molar-refractivity contribution in [2.45, 2.75) is 61.7 Å². The molecular formula is C39H45N3O4S. The summed E-state index contributed by atoms with van der Waals surface area (Å²) >= 11 is 1.66. The molecule has 3 saturated heterocycles. The smallest absolute Gasteiger partial charge is 0.251 e. The molecule has 0 radical (unpaired) electrons. The van der Waals surface area contributed by atoms with Gasteiger partial charge in [0.15, 0.2) is 0 Å². The van der Waals surface area contributed by atoms with Crippen LogP contribution in [0, 0.1) is 17.8 Å². The number of thioether (sulfide) groups is 1. The molecular weight excluding hydrogens is 607 g/mol. The summed E-state index contributed by atoms with van der Waals surface area (Å²) < 4.78 is -0.771. The van der Waals surface area contributed by atoms with Gasteiger partial charge < -0.3 is 19.8 Å². The van der Waals surface area contributed by atoms with E-state index in [-0.39, 0.29) is 42.0 Å². The minimum Gasteiger partial charge on any atom is -0.394 e. The third-order valence-corrected chi connectivity index (χ3v) is 12.1. The van der Waals surface area contributed by atoms with Crippen molar-refractivity contribution in [1.82, 2.24) is 9.80 Å². The van der Waals surface area contributed by atoms with Crippen molar-refractivity contribution in [1.29, 1.82) is 0 Å². The van der Waals surface area contributed by atoms with Crippen LogP contribution >= 0.6 is 11.8 Å². The quantitative estimate of drug-likeness (QED) is 0.227. The molecule has 8 heteroatoms. The molecule has 3 fully saturated rings. The lowest BCUT2D eigenvalue weighted by atomic mass is 9.70. The molecule has 3 aliphatic heterocycles. The van der Waals surface area contributed by atoms with E-state index in [2.05, 4.69) is 27.0 Å². The first-order chi connectivity index (χ1) is 22.7. The van der Waals surface area contributed by atoms with Crippen LogP contribution in [0.5, 0.6) is 0 Å². The fraction of sp³-hybridized carbons (Fsp3) is 0.410. The lowest BCUT2D eigenvalue weighted by Crippen LogP contribution is -2.58. The average molecular weight is 652 g/mol. The number of likely N-dealkylation sites (tertiary alicyclic amines) is 1. The number of carbonyl (C=O) groups excluding carboxylic acids is 3. The number of aliphatic hydroxyl groups excluding tert-OH is 1. The van der Waals surface area contributed by atoms with Gasteiger partial charge in [0.1, 0.15) is 6.04 Å². The fourth-order valence-electron chi connectivity index (χ4n) is 8.21. The molecule has 0 saturated carbocycles. The van der Waals surface area contributed by atoms with Gasteiger partial charge >= 0.3 is 0 Å². The molecule has 0 aromatic heterocycles. The number of aliphatic hydroxyl groups is 1. The predicted octanol–water partition coefficient (Wildman–Crippen LogP) is 6.07. The molecule has 1 spiro atoms. The summed E-state index contributed by atoms with van der Waals surface area (Å²) in [5.74, 6) is -1.47.